The highest BCUT2D eigenvalue weighted by Crippen LogP contribution is 2.39. The van der Waals surface area contributed by atoms with Crippen molar-refractivity contribution in [1.82, 2.24) is 14.5 Å². The molecule has 1 unspecified atom stereocenters. The number of sulfonamides is 1. The summed E-state index contributed by atoms with van der Waals surface area (Å²) in [5, 5.41) is 2.84. The number of hydrogen-bond acceptors (Lipinski definition) is 4. The molecule has 1 saturated heterocycles. The fourth-order valence-corrected chi connectivity index (χ4v) is 6.59. The topological polar surface area (TPSA) is 79.0 Å². The molecule has 0 saturated carbocycles. The molecule has 2 amide bonds. The number of urea groups is 1. The third-order valence-corrected chi connectivity index (χ3v) is 8.61. The van der Waals surface area contributed by atoms with Crippen molar-refractivity contribution in [1.29, 1.82) is 0 Å². The van der Waals surface area contributed by atoms with Gasteiger partial charge in [0.2, 0.25) is 10.0 Å². The monoisotopic (exact) mass is 575 g/mol. The van der Waals surface area contributed by atoms with Crippen LogP contribution in [-0.4, -0.2) is 56.2 Å². The van der Waals surface area contributed by atoms with Crippen molar-refractivity contribution in [3.8, 4) is 5.75 Å². The first kappa shape index (κ1) is 25.8. The fraction of sp³-hybridized carbons (Fsp3) is 0.435. The minimum absolute atomic E-state index is 0.0163. The number of nitrogens with one attached hydrogen (secondary N) is 1. The Morgan fingerprint density at radius 2 is 1.80 bits per heavy atom. The quantitative estimate of drug-likeness (QED) is 0.553. The zero-order valence-electron chi connectivity index (χ0n) is 18.7. The Balaban J connectivity index is 1.67. The maximum Gasteiger partial charge on any atom is 0.573 e. The second-order valence-corrected chi connectivity index (χ2v) is 11.2. The lowest BCUT2D eigenvalue weighted by Gasteiger charge is -2.37. The van der Waals surface area contributed by atoms with Crippen LogP contribution < -0.4 is 10.1 Å². The Morgan fingerprint density at radius 3 is 2.51 bits per heavy atom. The zero-order valence-corrected chi connectivity index (χ0v) is 21.1. The predicted molar refractivity (Wildman–Crippen MR) is 126 cm³/mol. The minimum atomic E-state index is -5.07. The number of rotatable bonds is 5. The molecule has 0 bridgehead atoms. The summed E-state index contributed by atoms with van der Waals surface area (Å²) in [6.45, 7) is 1.29. The summed E-state index contributed by atoms with van der Waals surface area (Å²) in [5.41, 5.74) is 1.63. The highest BCUT2D eigenvalue weighted by molar-refractivity contribution is 9.10. The van der Waals surface area contributed by atoms with Crippen LogP contribution in [0.2, 0.25) is 0 Å². The van der Waals surface area contributed by atoms with Crippen LogP contribution in [0, 0.1) is 0 Å². The van der Waals surface area contributed by atoms with E-state index in [0.717, 1.165) is 41.3 Å². The Labute approximate surface area is 210 Å². The van der Waals surface area contributed by atoms with E-state index < -0.39 is 33.1 Å². The van der Waals surface area contributed by atoms with Crippen LogP contribution in [0.5, 0.6) is 5.75 Å². The average Bonchev–Trinajstić information content (AvgIpc) is 2.81. The summed E-state index contributed by atoms with van der Waals surface area (Å²) >= 11 is 3.07. The number of alkyl halides is 3. The van der Waals surface area contributed by atoms with Gasteiger partial charge in [0, 0.05) is 30.7 Å². The molecule has 0 aliphatic carbocycles. The summed E-state index contributed by atoms with van der Waals surface area (Å²) in [4.78, 5) is 13.8. The van der Waals surface area contributed by atoms with Crippen LogP contribution in [-0.2, 0) is 16.4 Å². The number of carbonyl (C=O) groups is 1. The number of benzene rings is 2. The largest absolute Gasteiger partial charge is 0.573 e. The van der Waals surface area contributed by atoms with Crippen molar-refractivity contribution < 1.29 is 31.1 Å². The molecule has 1 atom stereocenters. The molecule has 4 rings (SSSR count). The maximum absolute atomic E-state index is 13.7. The number of likely N-dealkylation sites (tertiary alicyclic amines) is 1. The molecule has 2 heterocycles. The van der Waals surface area contributed by atoms with Crippen molar-refractivity contribution in [3.63, 3.8) is 0 Å². The van der Waals surface area contributed by atoms with Gasteiger partial charge in [0.05, 0.1) is 6.04 Å². The van der Waals surface area contributed by atoms with Gasteiger partial charge in [0.25, 0.3) is 0 Å². The Morgan fingerprint density at radius 1 is 1.09 bits per heavy atom. The van der Waals surface area contributed by atoms with E-state index in [1.54, 1.807) is 17.0 Å². The Hall–Kier alpha value is -2.31. The lowest BCUT2D eigenvalue weighted by atomic mass is 9.94. The van der Waals surface area contributed by atoms with E-state index in [4.69, 9.17) is 0 Å². The van der Waals surface area contributed by atoms with Gasteiger partial charge in [0.1, 0.15) is 4.90 Å². The van der Waals surface area contributed by atoms with Gasteiger partial charge < -0.3 is 15.0 Å². The molecule has 1 N–H and O–H groups in total. The van der Waals surface area contributed by atoms with E-state index in [-0.39, 0.29) is 23.6 Å². The van der Waals surface area contributed by atoms with Crippen LogP contribution in [0.25, 0.3) is 0 Å². The molecule has 35 heavy (non-hydrogen) atoms. The predicted octanol–water partition coefficient (Wildman–Crippen LogP) is 4.83. The molecular weight excluding hydrogens is 551 g/mol. The number of hydrogen-bond donors (Lipinski definition) is 1. The second-order valence-electron chi connectivity index (χ2n) is 8.45. The smallest absolute Gasteiger partial charge is 0.404 e. The fourth-order valence-electron chi connectivity index (χ4n) is 4.55. The van der Waals surface area contributed by atoms with Crippen LogP contribution in [0.3, 0.4) is 0 Å². The van der Waals surface area contributed by atoms with Crippen molar-refractivity contribution >= 4 is 32.0 Å². The Kier molecular flexibility index (Phi) is 7.62. The molecule has 1 fully saturated rings. The highest BCUT2D eigenvalue weighted by atomic mass is 79.9. The number of halogens is 4. The van der Waals surface area contributed by atoms with Crippen LogP contribution in [0.1, 0.15) is 36.4 Å². The summed E-state index contributed by atoms with van der Waals surface area (Å²) in [5.74, 6) is -0.818. The molecule has 2 aromatic carbocycles. The molecule has 190 valence electrons. The zero-order chi connectivity index (χ0) is 25.2. The van der Waals surface area contributed by atoms with E-state index in [0.29, 0.717) is 25.1 Å². The second kappa shape index (κ2) is 10.4. The minimum Gasteiger partial charge on any atom is -0.404 e. The van der Waals surface area contributed by atoms with Crippen molar-refractivity contribution in [2.45, 2.75) is 43.0 Å². The summed E-state index contributed by atoms with van der Waals surface area (Å²) in [6.07, 6.45) is -1.81. The summed E-state index contributed by atoms with van der Waals surface area (Å²) in [7, 11) is -4.42. The number of piperidine rings is 1. The number of carbonyl (C=O) groups excluding carboxylic acids is 1. The van der Waals surface area contributed by atoms with Crippen molar-refractivity contribution in [2.75, 3.05) is 26.2 Å². The molecule has 0 aromatic heterocycles. The average molecular weight is 576 g/mol. The van der Waals surface area contributed by atoms with Crippen LogP contribution in [0.15, 0.2) is 51.8 Å². The van der Waals surface area contributed by atoms with E-state index in [1.807, 2.05) is 12.1 Å². The van der Waals surface area contributed by atoms with Crippen LogP contribution in [0.4, 0.5) is 18.0 Å². The Bertz CT molecular complexity index is 1190. The van der Waals surface area contributed by atoms with Gasteiger partial charge in [-0.2, -0.15) is 4.31 Å². The molecule has 2 aliphatic rings. The first-order valence-electron chi connectivity index (χ1n) is 11.2. The van der Waals surface area contributed by atoms with E-state index in [1.165, 1.54) is 6.07 Å². The van der Waals surface area contributed by atoms with E-state index in [9.17, 15) is 26.4 Å². The molecule has 12 heteroatoms. The third-order valence-electron chi connectivity index (χ3n) is 6.17. The van der Waals surface area contributed by atoms with E-state index >= 15 is 0 Å². The number of ether oxygens (including phenoxy) is 1. The molecule has 2 aromatic rings. The SMILES string of the molecule is O=C(NCC1c2ccccc2CCN1S(=O)(=O)c1ccc(Br)cc1OC(F)(F)F)N1CCCCC1. The molecule has 0 spiro atoms. The molecule has 7 nitrogen and oxygen atoms in total. The molecule has 2 aliphatic heterocycles. The van der Waals surface area contributed by atoms with E-state index in [2.05, 4.69) is 26.0 Å². The summed E-state index contributed by atoms with van der Waals surface area (Å²) in [6, 6.07) is 9.62. The summed E-state index contributed by atoms with van der Waals surface area (Å²) < 4.78 is 72.0. The van der Waals surface area contributed by atoms with Gasteiger partial charge in [0.15, 0.2) is 5.75 Å². The lowest BCUT2D eigenvalue weighted by molar-refractivity contribution is -0.275. The number of amides is 2. The standard InChI is InChI=1S/C23H25BrF3N3O4S/c24-17-8-9-21(20(14-17)34-23(25,26)27)35(32,33)30-13-10-16-6-2-3-7-18(16)19(30)15-28-22(31)29-11-4-1-5-12-29/h2-3,6-9,14,19H,1,4-5,10-13,15H2,(H,28,31). The number of fused-ring (bicyclic) bond motifs is 1. The van der Waals surface area contributed by atoms with Gasteiger partial charge in [-0.15, -0.1) is 13.2 Å². The third kappa shape index (κ3) is 5.92. The van der Waals surface area contributed by atoms with Crippen LogP contribution >= 0.6 is 15.9 Å². The van der Waals surface area contributed by atoms with Gasteiger partial charge in [-0.25, -0.2) is 13.2 Å². The number of nitrogens with zero attached hydrogens (tertiary/aromatic N) is 2. The van der Waals surface area contributed by atoms with Gasteiger partial charge in [-0.3, -0.25) is 0 Å². The van der Waals surface area contributed by atoms with Gasteiger partial charge in [-0.1, -0.05) is 40.2 Å². The molecular formula is C23H25BrF3N3O4S. The van der Waals surface area contributed by atoms with Crippen molar-refractivity contribution in [3.05, 3.63) is 58.1 Å². The first-order chi connectivity index (χ1) is 16.6. The normalized spacial score (nSPS) is 19.2. The lowest BCUT2D eigenvalue weighted by Crippen LogP contribution is -2.48. The first-order valence-corrected chi connectivity index (χ1v) is 13.5. The highest BCUT2D eigenvalue weighted by Gasteiger charge is 2.40. The van der Waals surface area contributed by atoms with Crippen molar-refractivity contribution in [2.24, 2.45) is 0 Å². The van der Waals surface area contributed by atoms with Gasteiger partial charge in [-0.05, 0) is 55.0 Å². The van der Waals surface area contributed by atoms with Gasteiger partial charge >= 0.3 is 12.4 Å². The molecule has 0 radical (unpaired) electrons. The maximum atomic E-state index is 13.7.